The van der Waals surface area contributed by atoms with Crippen molar-refractivity contribution in [2.75, 3.05) is 0 Å². The maximum absolute atomic E-state index is 13.3. The molecule has 0 fully saturated rings. The van der Waals surface area contributed by atoms with E-state index in [4.69, 9.17) is 16.3 Å². The number of benzene rings is 2. The highest BCUT2D eigenvalue weighted by Gasteiger charge is 2.13. The molecule has 0 amide bonds. The number of nitro benzene ring substituents is 1. The third-order valence-electron chi connectivity index (χ3n) is 2.50. The van der Waals surface area contributed by atoms with E-state index in [-0.39, 0.29) is 17.3 Å². The highest BCUT2D eigenvalue weighted by molar-refractivity contribution is 9.10. The van der Waals surface area contributed by atoms with Crippen LogP contribution in [0.5, 0.6) is 5.75 Å². The summed E-state index contributed by atoms with van der Waals surface area (Å²) in [6.07, 6.45) is 0. The van der Waals surface area contributed by atoms with Crippen LogP contribution in [0.15, 0.2) is 40.9 Å². The number of hydrogen-bond acceptors (Lipinski definition) is 3. The summed E-state index contributed by atoms with van der Waals surface area (Å²) in [5.41, 5.74) is 0.388. The van der Waals surface area contributed by atoms with Crippen LogP contribution in [0.4, 0.5) is 10.1 Å². The molecule has 4 nitrogen and oxygen atoms in total. The summed E-state index contributed by atoms with van der Waals surface area (Å²) in [4.78, 5) is 10.2. The Hall–Kier alpha value is -1.66. The van der Waals surface area contributed by atoms with Gasteiger partial charge in [-0.1, -0.05) is 17.7 Å². The molecular weight excluding hydrogens is 353 g/mol. The number of nitro groups is 1. The standard InChI is InChI=1S/C13H8BrClFNO3/c14-10-3-2-9(6-12(10)16)20-7-8-1-4-11(15)13(5-8)17(18)19/h1-6H,7H2. The zero-order chi connectivity index (χ0) is 14.7. The van der Waals surface area contributed by atoms with Gasteiger partial charge in [0.25, 0.3) is 5.69 Å². The number of rotatable bonds is 4. The highest BCUT2D eigenvalue weighted by atomic mass is 79.9. The van der Waals surface area contributed by atoms with Gasteiger partial charge in [0.05, 0.1) is 9.40 Å². The van der Waals surface area contributed by atoms with E-state index in [1.54, 1.807) is 12.1 Å². The van der Waals surface area contributed by atoms with Gasteiger partial charge in [-0.2, -0.15) is 0 Å². The van der Waals surface area contributed by atoms with Gasteiger partial charge in [0, 0.05) is 12.1 Å². The Morgan fingerprint density at radius 1 is 1.30 bits per heavy atom. The van der Waals surface area contributed by atoms with Crippen molar-refractivity contribution in [2.24, 2.45) is 0 Å². The molecular formula is C13H8BrClFNO3. The van der Waals surface area contributed by atoms with Gasteiger partial charge in [0.2, 0.25) is 0 Å². The summed E-state index contributed by atoms with van der Waals surface area (Å²) >= 11 is 8.75. The number of nitrogens with zero attached hydrogens (tertiary/aromatic N) is 1. The summed E-state index contributed by atoms with van der Waals surface area (Å²) in [7, 11) is 0. The lowest BCUT2D eigenvalue weighted by molar-refractivity contribution is -0.384. The van der Waals surface area contributed by atoms with Crippen LogP contribution in [-0.2, 0) is 6.61 Å². The molecule has 0 spiro atoms. The maximum atomic E-state index is 13.3. The fourth-order valence-corrected chi connectivity index (χ4v) is 1.95. The van der Waals surface area contributed by atoms with Gasteiger partial charge in [-0.05, 0) is 39.7 Å². The molecule has 0 aromatic heterocycles. The molecule has 0 saturated carbocycles. The Bertz CT molecular complexity index is 666. The fourth-order valence-electron chi connectivity index (χ4n) is 1.52. The average Bonchev–Trinajstić information content (AvgIpc) is 2.41. The summed E-state index contributed by atoms with van der Waals surface area (Å²) in [5.74, 6) is -0.104. The average molecular weight is 361 g/mol. The Morgan fingerprint density at radius 2 is 2.05 bits per heavy atom. The van der Waals surface area contributed by atoms with Crippen molar-refractivity contribution in [3.05, 3.63) is 67.4 Å². The molecule has 0 saturated heterocycles. The second-order valence-corrected chi connectivity index (χ2v) is 5.17. The van der Waals surface area contributed by atoms with Crippen molar-refractivity contribution in [3.63, 3.8) is 0 Å². The zero-order valence-corrected chi connectivity index (χ0v) is 12.3. The molecule has 20 heavy (non-hydrogen) atoms. The molecule has 0 radical (unpaired) electrons. The van der Waals surface area contributed by atoms with E-state index in [9.17, 15) is 14.5 Å². The van der Waals surface area contributed by atoms with Crippen LogP contribution in [0.3, 0.4) is 0 Å². The predicted molar refractivity (Wildman–Crippen MR) is 76.5 cm³/mol. The van der Waals surface area contributed by atoms with Gasteiger partial charge in [-0.25, -0.2) is 4.39 Å². The van der Waals surface area contributed by atoms with E-state index in [1.165, 1.54) is 24.3 Å². The van der Waals surface area contributed by atoms with Gasteiger partial charge in [-0.3, -0.25) is 10.1 Å². The summed E-state index contributed by atoms with van der Waals surface area (Å²) in [6.45, 7) is 0.0824. The van der Waals surface area contributed by atoms with Gasteiger partial charge < -0.3 is 4.74 Å². The number of halogens is 3. The summed E-state index contributed by atoms with van der Waals surface area (Å²) in [5, 5.41) is 10.8. The van der Waals surface area contributed by atoms with E-state index in [2.05, 4.69) is 15.9 Å². The molecule has 0 aliphatic carbocycles. The Labute approximate surface area is 127 Å². The van der Waals surface area contributed by atoms with Crippen molar-refractivity contribution in [3.8, 4) is 5.75 Å². The lowest BCUT2D eigenvalue weighted by Gasteiger charge is -2.07. The minimum Gasteiger partial charge on any atom is -0.489 e. The van der Waals surface area contributed by atoms with Crippen LogP contribution in [0.25, 0.3) is 0 Å². The third kappa shape index (κ3) is 3.46. The second kappa shape index (κ2) is 6.19. The maximum Gasteiger partial charge on any atom is 0.288 e. The van der Waals surface area contributed by atoms with Crippen LogP contribution in [0.2, 0.25) is 5.02 Å². The van der Waals surface area contributed by atoms with Gasteiger partial charge >= 0.3 is 0 Å². The molecule has 0 aliphatic heterocycles. The topological polar surface area (TPSA) is 52.4 Å². The normalized spacial score (nSPS) is 10.3. The molecule has 0 heterocycles. The summed E-state index contributed by atoms with van der Waals surface area (Å²) in [6, 6.07) is 8.73. The SMILES string of the molecule is O=[N+]([O-])c1cc(COc2ccc(Br)c(F)c2)ccc1Cl. The fraction of sp³-hybridized carbons (Fsp3) is 0.0769. The van der Waals surface area contributed by atoms with Crippen molar-refractivity contribution in [2.45, 2.75) is 6.61 Å². The first-order chi connectivity index (χ1) is 9.47. The molecule has 7 heteroatoms. The van der Waals surface area contributed by atoms with Crippen LogP contribution in [0, 0.1) is 15.9 Å². The molecule has 0 atom stereocenters. The van der Waals surface area contributed by atoms with Crippen molar-refractivity contribution < 1.29 is 14.1 Å². The molecule has 2 aromatic carbocycles. The van der Waals surface area contributed by atoms with E-state index < -0.39 is 10.7 Å². The zero-order valence-electron chi connectivity index (χ0n) is 9.98. The van der Waals surface area contributed by atoms with Crippen LogP contribution in [0.1, 0.15) is 5.56 Å². The highest BCUT2D eigenvalue weighted by Crippen LogP contribution is 2.26. The smallest absolute Gasteiger partial charge is 0.288 e. The number of hydrogen-bond donors (Lipinski definition) is 0. The molecule has 0 bridgehead atoms. The van der Waals surface area contributed by atoms with Gasteiger partial charge in [0.1, 0.15) is 23.2 Å². The van der Waals surface area contributed by atoms with Crippen LogP contribution < -0.4 is 4.74 Å². The van der Waals surface area contributed by atoms with Crippen molar-refractivity contribution >= 4 is 33.2 Å². The Balaban J connectivity index is 2.12. The van der Waals surface area contributed by atoms with Crippen molar-refractivity contribution in [1.29, 1.82) is 0 Å². The first-order valence-electron chi connectivity index (χ1n) is 5.48. The quantitative estimate of drug-likeness (QED) is 0.585. The van der Waals surface area contributed by atoms with Crippen LogP contribution >= 0.6 is 27.5 Å². The van der Waals surface area contributed by atoms with E-state index in [0.29, 0.717) is 15.8 Å². The van der Waals surface area contributed by atoms with E-state index in [1.807, 2.05) is 0 Å². The van der Waals surface area contributed by atoms with E-state index in [0.717, 1.165) is 0 Å². The largest absolute Gasteiger partial charge is 0.489 e. The first-order valence-corrected chi connectivity index (χ1v) is 6.65. The molecule has 2 rings (SSSR count). The van der Waals surface area contributed by atoms with E-state index >= 15 is 0 Å². The lowest BCUT2D eigenvalue weighted by atomic mass is 10.2. The molecule has 0 N–H and O–H groups in total. The minimum atomic E-state index is -0.564. The second-order valence-electron chi connectivity index (χ2n) is 3.91. The molecule has 2 aromatic rings. The van der Waals surface area contributed by atoms with Crippen molar-refractivity contribution in [1.82, 2.24) is 0 Å². The van der Waals surface area contributed by atoms with Gasteiger partial charge in [-0.15, -0.1) is 0 Å². The summed E-state index contributed by atoms with van der Waals surface area (Å²) < 4.78 is 19.0. The molecule has 0 unspecified atom stereocenters. The van der Waals surface area contributed by atoms with Gasteiger partial charge in [0.15, 0.2) is 0 Å². The molecule has 104 valence electrons. The Morgan fingerprint density at radius 3 is 2.70 bits per heavy atom. The molecule has 0 aliphatic rings. The first kappa shape index (κ1) is 14.7. The third-order valence-corrected chi connectivity index (χ3v) is 3.47. The predicted octanol–water partition coefficient (Wildman–Crippen LogP) is 4.73. The monoisotopic (exact) mass is 359 g/mol. The number of ether oxygens (including phenoxy) is 1. The minimum absolute atomic E-state index is 0.0634. The Kier molecular flexibility index (Phi) is 4.57. The van der Waals surface area contributed by atoms with Crippen LogP contribution in [-0.4, -0.2) is 4.92 Å². The lowest BCUT2D eigenvalue weighted by Crippen LogP contribution is -1.98.